The average Bonchev–Trinajstić information content (AvgIpc) is 2.69. The fourth-order valence-corrected chi connectivity index (χ4v) is 2.47. The topological polar surface area (TPSA) is 17.8 Å². The van der Waals surface area contributed by atoms with E-state index in [0.717, 1.165) is 22.4 Å². The minimum absolute atomic E-state index is 0.201. The largest absolute Gasteiger partial charge is 0.324 e. The Morgan fingerprint density at radius 1 is 1.00 bits per heavy atom. The van der Waals surface area contributed by atoms with Crippen molar-refractivity contribution in [2.75, 3.05) is 0 Å². The van der Waals surface area contributed by atoms with Crippen LogP contribution >= 0.6 is 0 Å². The number of nitrogens with zero attached hydrogens (tertiary/aromatic N) is 2. The monoisotopic (exact) mass is 268 g/mol. The molecule has 0 fully saturated rings. The Hall–Kier alpha value is -2.16. The maximum atomic E-state index is 13.0. The first-order valence-electron chi connectivity index (χ1n) is 6.73. The van der Waals surface area contributed by atoms with Crippen LogP contribution in [-0.4, -0.2) is 9.55 Å². The van der Waals surface area contributed by atoms with Gasteiger partial charge in [-0.15, -0.1) is 0 Å². The second-order valence-corrected chi connectivity index (χ2v) is 5.30. The quantitative estimate of drug-likeness (QED) is 0.682. The van der Waals surface area contributed by atoms with Crippen LogP contribution in [0.3, 0.4) is 0 Å². The maximum absolute atomic E-state index is 13.0. The molecule has 2 nitrogen and oxygen atoms in total. The minimum Gasteiger partial charge on any atom is -0.324 e. The van der Waals surface area contributed by atoms with Crippen LogP contribution < -0.4 is 0 Å². The summed E-state index contributed by atoms with van der Waals surface area (Å²) in [5, 5.41) is 0. The molecule has 0 N–H and O–H groups in total. The fourth-order valence-electron chi connectivity index (χ4n) is 2.47. The predicted molar refractivity (Wildman–Crippen MR) is 79.4 cm³/mol. The SMILES string of the molecule is Cc1cc2nc(C)n(Cc3ccc(F)cc3)c2cc1C. The molecule has 3 heteroatoms. The number of aryl methyl sites for hydroxylation is 3. The molecule has 0 unspecified atom stereocenters. The van der Waals surface area contributed by atoms with Gasteiger partial charge in [0, 0.05) is 6.54 Å². The highest BCUT2D eigenvalue weighted by Gasteiger charge is 2.09. The Balaban J connectivity index is 2.08. The van der Waals surface area contributed by atoms with Crippen LogP contribution in [0.2, 0.25) is 0 Å². The van der Waals surface area contributed by atoms with Gasteiger partial charge in [-0.2, -0.15) is 0 Å². The molecule has 1 aromatic heterocycles. The number of halogens is 1. The van der Waals surface area contributed by atoms with Gasteiger partial charge in [0.1, 0.15) is 11.6 Å². The number of aromatic nitrogens is 2. The van der Waals surface area contributed by atoms with Gasteiger partial charge in [0.25, 0.3) is 0 Å². The van der Waals surface area contributed by atoms with Crippen molar-refractivity contribution < 1.29 is 4.39 Å². The van der Waals surface area contributed by atoms with Crippen molar-refractivity contribution in [1.29, 1.82) is 0 Å². The Morgan fingerprint density at radius 2 is 1.65 bits per heavy atom. The predicted octanol–water partition coefficient (Wildman–Crippen LogP) is 4.15. The Bertz CT molecular complexity index is 770. The van der Waals surface area contributed by atoms with Crippen molar-refractivity contribution in [3.63, 3.8) is 0 Å². The van der Waals surface area contributed by atoms with Gasteiger partial charge in [0.05, 0.1) is 11.0 Å². The number of fused-ring (bicyclic) bond motifs is 1. The molecule has 20 heavy (non-hydrogen) atoms. The van der Waals surface area contributed by atoms with Crippen LogP contribution in [0.5, 0.6) is 0 Å². The molecule has 0 radical (unpaired) electrons. The highest BCUT2D eigenvalue weighted by Crippen LogP contribution is 2.21. The van der Waals surface area contributed by atoms with Crippen LogP contribution in [0.15, 0.2) is 36.4 Å². The zero-order valence-electron chi connectivity index (χ0n) is 11.9. The lowest BCUT2D eigenvalue weighted by atomic mass is 10.1. The van der Waals surface area contributed by atoms with Crippen LogP contribution in [0.1, 0.15) is 22.5 Å². The number of imidazole rings is 1. The molecule has 0 aliphatic rings. The number of hydrogen-bond acceptors (Lipinski definition) is 1. The second-order valence-electron chi connectivity index (χ2n) is 5.30. The third kappa shape index (κ3) is 2.20. The molecule has 102 valence electrons. The molecule has 0 aliphatic carbocycles. The van der Waals surface area contributed by atoms with Gasteiger partial charge < -0.3 is 4.57 Å². The van der Waals surface area contributed by atoms with E-state index in [2.05, 4.69) is 35.5 Å². The van der Waals surface area contributed by atoms with Gasteiger partial charge in [0.15, 0.2) is 0 Å². The summed E-state index contributed by atoms with van der Waals surface area (Å²) in [6.07, 6.45) is 0. The van der Waals surface area contributed by atoms with E-state index in [9.17, 15) is 4.39 Å². The van der Waals surface area contributed by atoms with Crippen LogP contribution in [0.4, 0.5) is 4.39 Å². The highest BCUT2D eigenvalue weighted by atomic mass is 19.1. The first-order valence-corrected chi connectivity index (χ1v) is 6.73. The van der Waals surface area contributed by atoms with E-state index in [1.807, 2.05) is 19.1 Å². The smallest absolute Gasteiger partial charge is 0.123 e. The molecule has 0 saturated heterocycles. The molecule has 0 bridgehead atoms. The molecular formula is C17H17FN2. The van der Waals surface area contributed by atoms with Crippen molar-refractivity contribution in [3.8, 4) is 0 Å². The third-order valence-corrected chi connectivity index (χ3v) is 3.81. The average molecular weight is 268 g/mol. The number of rotatable bonds is 2. The summed E-state index contributed by atoms with van der Waals surface area (Å²) < 4.78 is 15.2. The van der Waals surface area contributed by atoms with Crippen molar-refractivity contribution >= 4 is 11.0 Å². The van der Waals surface area contributed by atoms with E-state index in [1.54, 1.807) is 0 Å². The fraction of sp³-hybridized carbons (Fsp3) is 0.235. The molecule has 2 aromatic carbocycles. The van der Waals surface area contributed by atoms with Gasteiger partial charge >= 0.3 is 0 Å². The molecule has 0 atom stereocenters. The summed E-state index contributed by atoms with van der Waals surface area (Å²) in [5.74, 6) is 0.779. The zero-order valence-corrected chi connectivity index (χ0v) is 11.9. The van der Waals surface area contributed by atoms with E-state index in [1.165, 1.54) is 23.3 Å². The lowest BCUT2D eigenvalue weighted by Gasteiger charge is -2.08. The normalized spacial score (nSPS) is 11.2. The Morgan fingerprint density at radius 3 is 2.35 bits per heavy atom. The van der Waals surface area contributed by atoms with E-state index < -0.39 is 0 Å². The van der Waals surface area contributed by atoms with Gasteiger partial charge in [-0.3, -0.25) is 0 Å². The molecule has 0 saturated carbocycles. The first kappa shape index (κ1) is 12.9. The number of benzene rings is 2. The summed E-state index contributed by atoms with van der Waals surface area (Å²) in [7, 11) is 0. The van der Waals surface area contributed by atoms with Gasteiger partial charge in [0.2, 0.25) is 0 Å². The molecule has 3 rings (SSSR count). The van der Waals surface area contributed by atoms with Crippen LogP contribution in [0.25, 0.3) is 11.0 Å². The minimum atomic E-state index is -0.201. The summed E-state index contributed by atoms with van der Waals surface area (Å²) in [5.41, 5.74) is 5.75. The van der Waals surface area contributed by atoms with Crippen molar-refractivity contribution in [3.05, 3.63) is 64.7 Å². The van der Waals surface area contributed by atoms with Crippen molar-refractivity contribution in [2.24, 2.45) is 0 Å². The lowest BCUT2D eigenvalue weighted by molar-refractivity contribution is 0.626. The van der Waals surface area contributed by atoms with Crippen LogP contribution in [0, 0.1) is 26.6 Å². The standard InChI is InChI=1S/C17H17FN2/c1-11-8-16-17(9-12(11)2)20(13(3)19-16)10-14-4-6-15(18)7-5-14/h4-9H,10H2,1-3H3. The first-order chi connectivity index (χ1) is 9.54. The lowest BCUT2D eigenvalue weighted by Crippen LogP contribution is -2.02. The van der Waals surface area contributed by atoms with Crippen molar-refractivity contribution in [2.45, 2.75) is 27.3 Å². The highest BCUT2D eigenvalue weighted by molar-refractivity contribution is 5.78. The summed E-state index contributed by atoms with van der Waals surface area (Å²) >= 11 is 0. The van der Waals surface area contributed by atoms with E-state index in [0.29, 0.717) is 6.54 Å². The maximum Gasteiger partial charge on any atom is 0.123 e. The molecule has 0 spiro atoms. The van der Waals surface area contributed by atoms with Crippen LogP contribution in [-0.2, 0) is 6.54 Å². The third-order valence-electron chi connectivity index (χ3n) is 3.81. The second kappa shape index (κ2) is 4.75. The van der Waals surface area contributed by atoms with Gasteiger partial charge in [-0.25, -0.2) is 9.37 Å². The summed E-state index contributed by atoms with van der Waals surface area (Å²) in [6.45, 7) is 6.93. The van der Waals surface area contributed by atoms with E-state index in [-0.39, 0.29) is 5.82 Å². The summed E-state index contributed by atoms with van der Waals surface area (Å²) in [6, 6.07) is 10.9. The summed E-state index contributed by atoms with van der Waals surface area (Å²) in [4.78, 5) is 4.62. The Kier molecular flexibility index (Phi) is 3.05. The zero-order chi connectivity index (χ0) is 14.3. The molecule has 1 heterocycles. The molecule has 3 aromatic rings. The number of hydrogen-bond donors (Lipinski definition) is 0. The van der Waals surface area contributed by atoms with Gasteiger partial charge in [-0.1, -0.05) is 12.1 Å². The van der Waals surface area contributed by atoms with Gasteiger partial charge in [-0.05, 0) is 61.7 Å². The molecule has 0 aliphatic heterocycles. The van der Waals surface area contributed by atoms with E-state index in [4.69, 9.17) is 0 Å². The molecule has 0 amide bonds. The Labute approximate surface area is 117 Å². The van der Waals surface area contributed by atoms with Crippen molar-refractivity contribution in [1.82, 2.24) is 9.55 Å². The van der Waals surface area contributed by atoms with E-state index >= 15 is 0 Å². The molecular weight excluding hydrogens is 251 g/mol.